The molecule has 0 rings (SSSR count). The molecule has 0 aromatic rings. The molecule has 0 N–H and O–H groups in total. The van der Waals surface area contributed by atoms with Crippen LogP contribution in [0.2, 0.25) is 0 Å². The van der Waals surface area contributed by atoms with Crippen molar-refractivity contribution >= 4 is 0 Å². The third-order valence-corrected chi connectivity index (χ3v) is 0.351. The lowest BCUT2D eigenvalue weighted by Gasteiger charge is -1.76. The molecule has 0 nitrogen and oxygen atoms in total. The standard InChI is InChI=1S/C4H2F4/c5-2-3(6)1-4(7)8/h1-2H. The van der Waals surface area contributed by atoms with Gasteiger partial charge in [0.15, 0.2) is 5.83 Å². The van der Waals surface area contributed by atoms with E-state index in [4.69, 9.17) is 0 Å². The fraction of sp³-hybridized carbons (Fsp3) is 0. The minimum atomic E-state index is -2.25. The number of allylic oxidation sites excluding steroid dienone is 2. The second-order valence-electron chi connectivity index (χ2n) is 0.928. The van der Waals surface area contributed by atoms with Gasteiger partial charge in [-0.2, -0.15) is 8.78 Å². The molecule has 0 spiro atoms. The van der Waals surface area contributed by atoms with Crippen LogP contribution in [0.15, 0.2) is 24.3 Å². The molecular weight excluding hydrogens is 124 g/mol. The summed E-state index contributed by atoms with van der Waals surface area (Å²) in [5.74, 6) is -1.58. The van der Waals surface area contributed by atoms with Crippen LogP contribution in [0.5, 0.6) is 0 Å². The molecule has 0 aromatic carbocycles. The van der Waals surface area contributed by atoms with Crippen LogP contribution >= 0.6 is 0 Å². The molecule has 0 aliphatic rings. The number of rotatable bonds is 1. The van der Waals surface area contributed by atoms with E-state index in [1.54, 1.807) is 0 Å². The highest BCUT2D eigenvalue weighted by molar-refractivity contribution is 5.07. The summed E-state index contributed by atoms with van der Waals surface area (Å²) >= 11 is 0. The lowest BCUT2D eigenvalue weighted by molar-refractivity contribution is 0.416. The van der Waals surface area contributed by atoms with Crippen LogP contribution in [0.25, 0.3) is 0 Å². The van der Waals surface area contributed by atoms with E-state index in [1.807, 2.05) is 0 Å². The van der Waals surface area contributed by atoms with Crippen LogP contribution in [0.1, 0.15) is 0 Å². The first-order valence-corrected chi connectivity index (χ1v) is 1.65. The van der Waals surface area contributed by atoms with Gasteiger partial charge in [-0.05, 0) is 0 Å². The predicted octanol–water partition coefficient (Wildman–Crippen LogP) is 2.55. The fourth-order valence-electron chi connectivity index (χ4n) is 0.136. The van der Waals surface area contributed by atoms with E-state index in [-0.39, 0.29) is 6.08 Å². The first-order chi connectivity index (χ1) is 3.66. The van der Waals surface area contributed by atoms with Crippen LogP contribution < -0.4 is 0 Å². The molecule has 0 amide bonds. The first-order valence-electron chi connectivity index (χ1n) is 1.65. The van der Waals surface area contributed by atoms with Gasteiger partial charge >= 0.3 is 0 Å². The van der Waals surface area contributed by atoms with Crippen molar-refractivity contribution in [2.24, 2.45) is 0 Å². The third kappa shape index (κ3) is 3.39. The topological polar surface area (TPSA) is 0 Å². The Balaban J connectivity index is 3.89. The Hall–Kier alpha value is -0.800. The summed E-state index contributed by atoms with van der Waals surface area (Å²) in [5, 5.41) is 0. The van der Waals surface area contributed by atoms with Gasteiger partial charge in [0.05, 0.1) is 0 Å². The SMILES string of the molecule is FC=C(F)C=C(F)F. The Morgan fingerprint density at radius 1 is 1.12 bits per heavy atom. The van der Waals surface area contributed by atoms with E-state index in [1.165, 1.54) is 0 Å². The number of hydrogen-bond acceptors (Lipinski definition) is 0. The Labute approximate surface area is 43.1 Å². The van der Waals surface area contributed by atoms with Gasteiger partial charge in [-0.3, -0.25) is 0 Å². The van der Waals surface area contributed by atoms with Crippen molar-refractivity contribution in [2.75, 3.05) is 0 Å². The zero-order valence-electron chi connectivity index (χ0n) is 3.67. The van der Waals surface area contributed by atoms with Crippen molar-refractivity contribution in [3.8, 4) is 0 Å². The van der Waals surface area contributed by atoms with Crippen LogP contribution in [0.3, 0.4) is 0 Å². The number of hydrogen-bond donors (Lipinski definition) is 0. The van der Waals surface area contributed by atoms with E-state index in [0.29, 0.717) is 0 Å². The molecule has 0 heterocycles. The molecule has 0 aliphatic carbocycles. The van der Waals surface area contributed by atoms with Gasteiger partial charge in [0.2, 0.25) is 0 Å². The smallest absolute Gasteiger partial charge is 0.212 e. The lowest BCUT2D eigenvalue weighted by atomic mass is 10.6. The van der Waals surface area contributed by atoms with Crippen molar-refractivity contribution in [1.29, 1.82) is 0 Å². The van der Waals surface area contributed by atoms with Gasteiger partial charge in [-0.25, -0.2) is 8.78 Å². The maximum Gasteiger partial charge on any atom is 0.273 e. The van der Waals surface area contributed by atoms with E-state index in [9.17, 15) is 17.6 Å². The zero-order valence-corrected chi connectivity index (χ0v) is 3.67. The minimum Gasteiger partial charge on any atom is -0.212 e. The van der Waals surface area contributed by atoms with Gasteiger partial charge in [0, 0.05) is 6.08 Å². The van der Waals surface area contributed by atoms with Crippen molar-refractivity contribution in [3.05, 3.63) is 24.3 Å². The second-order valence-corrected chi connectivity index (χ2v) is 0.928. The summed E-state index contributed by atoms with van der Waals surface area (Å²) < 4.78 is 43.9. The highest BCUT2D eigenvalue weighted by Crippen LogP contribution is 2.05. The predicted molar refractivity (Wildman–Crippen MR) is 20.6 cm³/mol. The molecule has 0 radical (unpaired) electrons. The van der Waals surface area contributed by atoms with E-state index in [0.717, 1.165) is 0 Å². The lowest BCUT2D eigenvalue weighted by Crippen LogP contribution is -1.61. The molecule has 0 saturated heterocycles. The van der Waals surface area contributed by atoms with Gasteiger partial charge in [0.1, 0.15) is 6.33 Å². The summed E-state index contributed by atoms with van der Waals surface area (Å²) in [7, 11) is 0. The fourth-order valence-corrected chi connectivity index (χ4v) is 0.136. The van der Waals surface area contributed by atoms with Crippen LogP contribution in [0.4, 0.5) is 17.6 Å². The molecule has 0 fully saturated rings. The highest BCUT2D eigenvalue weighted by atomic mass is 19.3. The Kier molecular flexibility index (Phi) is 2.91. The highest BCUT2D eigenvalue weighted by Gasteiger charge is 1.91. The average molecular weight is 126 g/mol. The summed E-state index contributed by atoms with van der Waals surface area (Å²) in [6.07, 6.45) is -3.00. The summed E-state index contributed by atoms with van der Waals surface area (Å²) in [6, 6.07) is 0. The van der Waals surface area contributed by atoms with Crippen LogP contribution in [-0.2, 0) is 0 Å². The van der Waals surface area contributed by atoms with Gasteiger partial charge < -0.3 is 0 Å². The monoisotopic (exact) mass is 126 g/mol. The molecule has 8 heavy (non-hydrogen) atoms. The normalized spacial score (nSPS) is 11.2. The summed E-state index contributed by atoms with van der Waals surface area (Å²) in [6.45, 7) is 0. The number of halogens is 4. The van der Waals surface area contributed by atoms with Gasteiger partial charge in [-0.1, -0.05) is 0 Å². The van der Waals surface area contributed by atoms with E-state index in [2.05, 4.69) is 0 Å². The quantitative estimate of drug-likeness (QED) is 0.374. The van der Waals surface area contributed by atoms with Crippen molar-refractivity contribution < 1.29 is 17.6 Å². The maximum absolute atomic E-state index is 11.3. The van der Waals surface area contributed by atoms with Crippen LogP contribution in [-0.4, -0.2) is 0 Å². The van der Waals surface area contributed by atoms with Crippen molar-refractivity contribution in [1.82, 2.24) is 0 Å². The third-order valence-electron chi connectivity index (χ3n) is 0.351. The maximum atomic E-state index is 11.3. The Morgan fingerprint density at radius 2 is 1.62 bits per heavy atom. The van der Waals surface area contributed by atoms with Crippen LogP contribution in [0, 0.1) is 0 Å². The van der Waals surface area contributed by atoms with Crippen molar-refractivity contribution in [2.45, 2.75) is 0 Å². The summed E-state index contributed by atoms with van der Waals surface area (Å²) in [5.41, 5.74) is 0. The van der Waals surface area contributed by atoms with Gasteiger partial charge in [0.25, 0.3) is 6.08 Å². The Bertz CT molecular complexity index is 120. The first kappa shape index (κ1) is 7.20. The molecule has 0 unspecified atom stereocenters. The zero-order chi connectivity index (χ0) is 6.57. The van der Waals surface area contributed by atoms with Gasteiger partial charge in [-0.15, -0.1) is 0 Å². The van der Waals surface area contributed by atoms with E-state index < -0.39 is 18.2 Å². The molecular formula is C4H2F4. The van der Waals surface area contributed by atoms with E-state index >= 15 is 0 Å². The molecule has 0 aromatic heterocycles. The minimum absolute atomic E-state index is 0.208. The second kappa shape index (κ2) is 3.23. The molecule has 0 atom stereocenters. The molecule has 0 saturated carbocycles. The molecule has 0 bridgehead atoms. The largest absolute Gasteiger partial charge is 0.273 e. The Morgan fingerprint density at radius 3 is 1.75 bits per heavy atom. The van der Waals surface area contributed by atoms with Crippen molar-refractivity contribution in [3.63, 3.8) is 0 Å². The molecule has 4 heteroatoms. The summed E-state index contributed by atoms with van der Waals surface area (Å²) in [4.78, 5) is 0. The average Bonchev–Trinajstić information content (AvgIpc) is 1.65. The molecule has 0 aliphatic heterocycles. The molecule has 46 valence electrons.